The number of hydrogen-bond donors (Lipinski definition) is 2. The van der Waals surface area contributed by atoms with Gasteiger partial charge in [0.2, 0.25) is 6.79 Å². The molecule has 5 rings (SSSR count). The van der Waals surface area contributed by atoms with Gasteiger partial charge in [0.15, 0.2) is 11.5 Å². The van der Waals surface area contributed by atoms with Gasteiger partial charge >= 0.3 is 11.9 Å². The number of aliphatic carboxylic acids is 2. The van der Waals surface area contributed by atoms with E-state index in [4.69, 9.17) is 21.1 Å². The molecule has 2 N–H and O–H groups in total. The summed E-state index contributed by atoms with van der Waals surface area (Å²) in [6.07, 6.45) is 1.63. The van der Waals surface area contributed by atoms with E-state index in [1.165, 1.54) is 0 Å². The molecule has 2 aliphatic rings. The van der Waals surface area contributed by atoms with E-state index < -0.39 is 18.0 Å². The predicted octanol–water partition coefficient (Wildman–Crippen LogP) is 3.05. The molecule has 178 valence electrons. The standard InChI is InChI=1S/C24H24ClN3O6/c25-16-2-3-17-18(12-28(13-22(29)30)19(17)10-16)23(24(31)32)27-7-5-26(6-8-27)11-15-1-4-20-21(9-15)34-14-33-20/h1-4,9-10,12,23H,5-8,11,13-14H2,(H,29,30)(H,31,32)/t23-/m0/s1. The highest BCUT2D eigenvalue weighted by atomic mass is 35.5. The monoisotopic (exact) mass is 485 g/mol. The van der Waals surface area contributed by atoms with Gasteiger partial charge in [0.1, 0.15) is 12.6 Å². The third-order valence-corrected chi connectivity index (χ3v) is 6.56. The van der Waals surface area contributed by atoms with E-state index >= 15 is 0 Å². The molecule has 34 heavy (non-hydrogen) atoms. The van der Waals surface area contributed by atoms with E-state index in [2.05, 4.69) is 4.90 Å². The zero-order chi connectivity index (χ0) is 23.8. The average Bonchev–Trinajstić information content (AvgIpc) is 3.39. The lowest BCUT2D eigenvalue weighted by atomic mass is 10.0. The lowest BCUT2D eigenvalue weighted by molar-refractivity contribution is -0.144. The van der Waals surface area contributed by atoms with Crippen molar-refractivity contribution in [2.75, 3.05) is 33.0 Å². The molecule has 0 bridgehead atoms. The predicted molar refractivity (Wildman–Crippen MR) is 124 cm³/mol. The number of halogens is 1. The van der Waals surface area contributed by atoms with Crippen molar-refractivity contribution >= 4 is 34.4 Å². The second kappa shape index (κ2) is 9.17. The molecule has 1 aromatic heterocycles. The van der Waals surface area contributed by atoms with Crippen molar-refractivity contribution in [1.29, 1.82) is 0 Å². The zero-order valence-electron chi connectivity index (χ0n) is 18.3. The van der Waals surface area contributed by atoms with E-state index in [0.717, 1.165) is 23.6 Å². The van der Waals surface area contributed by atoms with Crippen LogP contribution in [-0.2, 0) is 22.7 Å². The van der Waals surface area contributed by atoms with Crippen LogP contribution in [0.4, 0.5) is 0 Å². The molecule has 1 atom stereocenters. The molecule has 0 unspecified atom stereocenters. The molecule has 0 aliphatic carbocycles. The second-order valence-electron chi connectivity index (χ2n) is 8.51. The lowest BCUT2D eigenvalue weighted by Crippen LogP contribution is -2.48. The Morgan fingerprint density at radius 1 is 1.00 bits per heavy atom. The first-order valence-corrected chi connectivity index (χ1v) is 11.3. The Hall–Kier alpha value is -3.27. The van der Waals surface area contributed by atoms with E-state index in [1.54, 1.807) is 29.0 Å². The Morgan fingerprint density at radius 3 is 2.50 bits per heavy atom. The Balaban J connectivity index is 1.34. The van der Waals surface area contributed by atoms with Gasteiger partial charge in [0.05, 0.1) is 5.52 Å². The molecule has 0 amide bonds. The number of piperazine rings is 1. The molecule has 0 saturated carbocycles. The molecule has 3 aromatic rings. The molecule has 0 radical (unpaired) electrons. The lowest BCUT2D eigenvalue weighted by Gasteiger charge is -2.37. The molecule has 1 fully saturated rings. The van der Waals surface area contributed by atoms with Crippen LogP contribution in [0.25, 0.3) is 10.9 Å². The Morgan fingerprint density at radius 2 is 1.76 bits per heavy atom. The molecule has 2 aliphatic heterocycles. The largest absolute Gasteiger partial charge is 0.480 e. The molecule has 2 aromatic carbocycles. The summed E-state index contributed by atoms with van der Waals surface area (Å²) in [5, 5.41) is 20.6. The first kappa shape index (κ1) is 22.5. The number of fused-ring (bicyclic) bond motifs is 2. The molecule has 3 heterocycles. The summed E-state index contributed by atoms with van der Waals surface area (Å²) in [4.78, 5) is 28.0. The van der Waals surface area contributed by atoms with Crippen LogP contribution in [0.15, 0.2) is 42.6 Å². The summed E-state index contributed by atoms with van der Waals surface area (Å²) in [6.45, 7) is 3.26. The first-order chi connectivity index (χ1) is 16.4. The second-order valence-corrected chi connectivity index (χ2v) is 8.94. The van der Waals surface area contributed by atoms with Gasteiger partial charge in [-0.2, -0.15) is 0 Å². The number of benzene rings is 2. The fourth-order valence-electron chi connectivity index (χ4n) is 4.75. The minimum absolute atomic E-state index is 0.239. The van der Waals surface area contributed by atoms with E-state index in [1.807, 2.05) is 23.1 Å². The number of rotatable bonds is 7. The normalized spacial score (nSPS) is 17.2. The highest BCUT2D eigenvalue weighted by Crippen LogP contribution is 2.34. The topological polar surface area (TPSA) is 104 Å². The van der Waals surface area contributed by atoms with Crippen molar-refractivity contribution in [3.05, 3.63) is 58.7 Å². The maximum absolute atomic E-state index is 12.4. The summed E-state index contributed by atoms with van der Waals surface area (Å²) in [7, 11) is 0. The molecule has 0 spiro atoms. The third kappa shape index (κ3) is 4.42. The van der Waals surface area contributed by atoms with E-state index in [0.29, 0.717) is 47.7 Å². The van der Waals surface area contributed by atoms with Crippen LogP contribution in [0.2, 0.25) is 5.02 Å². The summed E-state index contributed by atoms with van der Waals surface area (Å²) in [5.74, 6) is -0.470. The quantitative estimate of drug-likeness (QED) is 0.526. The number of carboxylic acids is 2. The fourth-order valence-corrected chi connectivity index (χ4v) is 4.92. The maximum Gasteiger partial charge on any atom is 0.325 e. The SMILES string of the molecule is O=C(O)Cn1cc([C@@H](C(=O)O)N2CCN(Cc3ccc4c(c3)OCO4)CC2)c2ccc(Cl)cc21. The molecule has 9 nitrogen and oxygen atoms in total. The van der Waals surface area contributed by atoms with Crippen LogP contribution in [0.5, 0.6) is 11.5 Å². The zero-order valence-corrected chi connectivity index (χ0v) is 19.1. The van der Waals surface area contributed by atoms with Crippen LogP contribution >= 0.6 is 11.6 Å². The van der Waals surface area contributed by atoms with Crippen molar-refractivity contribution < 1.29 is 29.3 Å². The van der Waals surface area contributed by atoms with Crippen molar-refractivity contribution in [2.45, 2.75) is 19.1 Å². The number of carboxylic acid groups (broad SMARTS) is 2. The van der Waals surface area contributed by atoms with Crippen molar-refractivity contribution in [3.8, 4) is 11.5 Å². The number of aromatic nitrogens is 1. The first-order valence-electron chi connectivity index (χ1n) is 11.0. The highest BCUT2D eigenvalue weighted by Gasteiger charge is 2.33. The Kier molecular flexibility index (Phi) is 6.07. The average molecular weight is 486 g/mol. The molecule has 10 heteroatoms. The summed E-state index contributed by atoms with van der Waals surface area (Å²) >= 11 is 6.13. The fraction of sp³-hybridized carbons (Fsp3) is 0.333. The molecular weight excluding hydrogens is 462 g/mol. The number of ether oxygens (including phenoxy) is 2. The summed E-state index contributed by atoms with van der Waals surface area (Å²) in [5.41, 5.74) is 2.29. The van der Waals surface area contributed by atoms with E-state index in [9.17, 15) is 19.8 Å². The van der Waals surface area contributed by atoms with Crippen LogP contribution in [-0.4, -0.2) is 69.5 Å². The van der Waals surface area contributed by atoms with Crippen molar-refractivity contribution in [2.24, 2.45) is 0 Å². The van der Waals surface area contributed by atoms with Gasteiger partial charge in [0, 0.05) is 54.9 Å². The van der Waals surface area contributed by atoms with E-state index in [-0.39, 0.29) is 13.3 Å². The van der Waals surface area contributed by atoms with Crippen LogP contribution in [0.3, 0.4) is 0 Å². The number of hydrogen-bond acceptors (Lipinski definition) is 6. The Bertz CT molecular complexity index is 1250. The van der Waals surface area contributed by atoms with Gasteiger partial charge in [-0.05, 0) is 29.8 Å². The third-order valence-electron chi connectivity index (χ3n) is 6.32. The number of carbonyl (C=O) groups is 2. The van der Waals surface area contributed by atoms with Crippen LogP contribution in [0.1, 0.15) is 17.2 Å². The van der Waals surface area contributed by atoms with Gasteiger partial charge in [-0.1, -0.05) is 23.7 Å². The molecule has 1 saturated heterocycles. The maximum atomic E-state index is 12.4. The summed E-state index contributed by atoms with van der Waals surface area (Å²) < 4.78 is 12.4. The minimum Gasteiger partial charge on any atom is -0.480 e. The van der Waals surface area contributed by atoms with Crippen LogP contribution < -0.4 is 9.47 Å². The van der Waals surface area contributed by atoms with Gasteiger partial charge in [-0.25, -0.2) is 0 Å². The smallest absolute Gasteiger partial charge is 0.325 e. The van der Waals surface area contributed by atoms with Crippen molar-refractivity contribution in [1.82, 2.24) is 14.4 Å². The molecular formula is C24H24ClN3O6. The Labute approximate surface area is 200 Å². The number of nitrogens with zero attached hydrogens (tertiary/aromatic N) is 3. The van der Waals surface area contributed by atoms with Gasteiger partial charge < -0.3 is 24.3 Å². The van der Waals surface area contributed by atoms with Gasteiger partial charge in [-0.3, -0.25) is 19.4 Å². The minimum atomic E-state index is -1.01. The highest BCUT2D eigenvalue weighted by molar-refractivity contribution is 6.31. The van der Waals surface area contributed by atoms with Gasteiger partial charge in [0.25, 0.3) is 0 Å². The van der Waals surface area contributed by atoms with Crippen LogP contribution in [0, 0.1) is 0 Å². The van der Waals surface area contributed by atoms with Crippen molar-refractivity contribution in [3.63, 3.8) is 0 Å². The summed E-state index contributed by atoms with van der Waals surface area (Å²) in [6, 6.07) is 10.2. The van der Waals surface area contributed by atoms with Gasteiger partial charge in [-0.15, -0.1) is 0 Å².